The SMILES string of the molecule is CC1(C)CSCC(C)(C)/C(=N/N)C1=O. The van der Waals surface area contributed by atoms with Gasteiger partial charge in [0, 0.05) is 22.3 Å². The maximum Gasteiger partial charge on any atom is 0.185 e. The van der Waals surface area contributed by atoms with Gasteiger partial charge in [0.25, 0.3) is 0 Å². The van der Waals surface area contributed by atoms with Gasteiger partial charge in [0.05, 0.1) is 0 Å². The van der Waals surface area contributed by atoms with Crippen molar-refractivity contribution in [2.75, 3.05) is 11.5 Å². The molecule has 14 heavy (non-hydrogen) atoms. The second-order valence-electron chi connectivity index (χ2n) is 5.07. The fourth-order valence-corrected chi connectivity index (χ4v) is 2.95. The van der Waals surface area contributed by atoms with E-state index in [2.05, 4.69) is 5.10 Å². The number of carbonyl (C=O) groups excluding carboxylic acids is 1. The van der Waals surface area contributed by atoms with E-state index in [9.17, 15) is 4.79 Å². The third-order valence-corrected chi connectivity index (χ3v) is 4.38. The first kappa shape index (κ1) is 11.6. The maximum atomic E-state index is 12.1. The average Bonchev–Trinajstić information content (AvgIpc) is 2.09. The van der Waals surface area contributed by atoms with Crippen molar-refractivity contribution in [3.63, 3.8) is 0 Å². The Morgan fingerprint density at radius 1 is 1.21 bits per heavy atom. The largest absolute Gasteiger partial charge is 0.323 e. The number of hydrogen-bond donors (Lipinski definition) is 1. The maximum absolute atomic E-state index is 12.1. The van der Waals surface area contributed by atoms with E-state index in [0.717, 1.165) is 11.5 Å². The molecule has 0 atom stereocenters. The summed E-state index contributed by atoms with van der Waals surface area (Å²) in [5, 5.41) is 3.69. The molecule has 0 aromatic carbocycles. The number of thioether (sulfide) groups is 1. The topological polar surface area (TPSA) is 55.4 Å². The highest BCUT2D eigenvalue weighted by molar-refractivity contribution is 7.99. The number of nitrogens with zero attached hydrogens (tertiary/aromatic N) is 1. The average molecular weight is 214 g/mol. The number of nitrogens with two attached hydrogens (primary N) is 1. The summed E-state index contributed by atoms with van der Waals surface area (Å²) in [6.07, 6.45) is 0. The molecule has 1 aliphatic rings. The molecule has 0 aromatic rings. The van der Waals surface area contributed by atoms with Crippen LogP contribution in [-0.2, 0) is 4.79 Å². The lowest BCUT2D eigenvalue weighted by Crippen LogP contribution is -2.39. The predicted octanol–water partition coefficient (Wildman–Crippen LogP) is 1.67. The summed E-state index contributed by atoms with van der Waals surface area (Å²) >= 11 is 1.80. The Morgan fingerprint density at radius 3 is 2.21 bits per heavy atom. The van der Waals surface area contributed by atoms with E-state index in [-0.39, 0.29) is 16.6 Å². The number of ketones is 1. The van der Waals surface area contributed by atoms with Crippen molar-refractivity contribution in [3.05, 3.63) is 0 Å². The van der Waals surface area contributed by atoms with Gasteiger partial charge in [-0.3, -0.25) is 4.79 Å². The second kappa shape index (κ2) is 3.57. The third-order valence-electron chi connectivity index (χ3n) is 2.53. The van der Waals surface area contributed by atoms with Gasteiger partial charge in [0.1, 0.15) is 5.71 Å². The molecule has 0 spiro atoms. The molecule has 0 amide bonds. The van der Waals surface area contributed by atoms with E-state index in [4.69, 9.17) is 5.84 Å². The van der Waals surface area contributed by atoms with Crippen LogP contribution in [0.3, 0.4) is 0 Å². The predicted molar refractivity (Wildman–Crippen MR) is 61.5 cm³/mol. The Hall–Kier alpha value is -0.510. The first-order valence-electron chi connectivity index (χ1n) is 4.72. The lowest BCUT2D eigenvalue weighted by molar-refractivity contribution is -0.119. The molecule has 1 aliphatic heterocycles. The van der Waals surface area contributed by atoms with Gasteiger partial charge in [-0.25, -0.2) is 0 Å². The minimum atomic E-state index is -0.337. The molecule has 1 saturated heterocycles. The van der Waals surface area contributed by atoms with Crippen LogP contribution in [0.4, 0.5) is 0 Å². The number of rotatable bonds is 0. The van der Waals surface area contributed by atoms with Crippen LogP contribution in [0, 0.1) is 10.8 Å². The Balaban J connectivity index is 3.12. The van der Waals surface area contributed by atoms with Crippen molar-refractivity contribution < 1.29 is 4.79 Å². The minimum Gasteiger partial charge on any atom is -0.323 e. The molecule has 3 nitrogen and oxygen atoms in total. The van der Waals surface area contributed by atoms with Crippen LogP contribution in [0.25, 0.3) is 0 Å². The molecule has 80 valence electrons. The normalized spacial score (nSPS) is 28.9. The zero-order chi connectivity index (χ0) is 11.0. The Morgan fingerprint density at radius 2 is 1.71 bits per heavy atom. The zero-order valence-electron chi connectivity index (χ0n) is 9.26. The summed E-state index contributed by atoms with van der Waals surface area (Å²) < 4.78 is 0. The molecule has 1 heterocycles. The van der Waals surface area contributed by atoms with Gasteiger partial charge in [-0.15, -0.1) is 0 Å². The fourth-order valence-electron chi connectivity index (χ4n) is 1.56. The highest BCUT2D eigenvalue weighted by atomic mass is 32.2. The van der Waals surface area contributed by atoms with E-state index in [1.54, 1.807) is 11.8 Å². The van der Waals surface area contributed by atoms with Gasteiger partial charge in [0.15, 0.2) is 5.78 Å². The van der Waals surface area contributed by atoms with Crippen LogP contribution >= 0.6 is 11.8 Å². The molecule has 0 radical (unpaired) electrons. The summed E-state index contributed by atoms with van der Waals surface area (Å²) in [6, 6.07) is 0. The van der Waals surface area contributed by atoms with Crippen molar-refractivity contribution in [1.82, 2.24) is 0 Å². The summed E-state index contributed by atoms with van der Waals surface area (Å²) in [6.45, 7) is 7.94. The highest BCUT2D eigenvalue weighted by Gasteiger charge is 2.42. The quantitative estimate of drug-likeness (QED) is 0.493. The summed E-state index contributed by atoms with van der Waals surface area (Å²) in [5.74, 6) is 7.15. The molecule has 1 rings (SSSR count). The Bertz CT molecular complexity index is 282. The van der Waals surface area contributed by atoms with E-state index in [0.29, 0.717) is 5.71 Å². The first-order chi connectivity index (χ1) is 6.31. The van der Waals surface area contributed by atoms with E-state index < -0.39 is 0 Å². The first-order valence-corrected chi connectivity index (χ1v) is 5.88. The lowest BCUT2D eigenvalue weighted by Gasteiger charge is -2.24. The Kier molecular flexibility index (Phi) is 2.95. The van der Waals surface area contributed by atoms with E-state index in [1.165, 1.54) is 0 Å². The van der Waals surface area contributed by atoms with Crippen molar-refractivity contribution in [2.45, 2.75) is 27.7 Å². The molecule has 2 N–H and O–H groups in total. The molecular formula is C10H18N2OS. The van der Waals surface area contributed by atoms with Gasteiger partial charge in [-0.1, -0.05) is 27.7 Å². The molecular weight excluding hydrogens is 196 g/mol. The molecule has 0 saturated carbocycles. The minimum absolute atomic E-state index is 0.0926. The molecule has 0 aliphatic carbocycles. The van der Waals surface area contributed by atoms with Gasteiger partial charge in [-0.2, -0.15) is 16.9 Å². The lowest BCUT2D eigenvalue weighted by atomic mass is 9.78. The molecule has 4 heteroatoms. The molecule has 0 aromatic heterocycles. The van der Waals surface area contributed by atoms with E-state index >= 15 is 0 Å². The Labute approximate surface area is 89.5 Å². The number of hydrazone groups is 1. The highest BCUT2D eigenvalue weighted by Crippen LogP contribution is 2.36. The van der Waals surface area contributed by atoms with Crippen molar-refractivity contribution in [1.29, 1.82) is 0 Å². The molecule has 0 bridgehead atoms. The van der Waals surface area contributed by atoms with Crippen LogP contribution in [0.1, 0.15) is 27.7 Å². The van der Waals surface area contributed by atoms with Crippen LogP contribution in [0.2, 0.25) is 0 Å². The third kappa shape index (κ3) is 1.95. The number of carbonyl (C=O) groups is 1. The molecule has 0 unspecified atom stereocenters. The number of Topliss-reactive ketones (excluding diaryl/α,β-unsaturated/α-hetero) is 1. The van der Waals surface area contributed by atoms with Crippen LogP contribution in [0.5, 0.6) is 0 Å². The summed E-state index contributed by atoms with van der Waals surface area (Å²) in [4.78, 5) is 12.1. The van der Waals surface area contributed by atoms with Gasteiger partial charge < -0.3 is 5.84 Å². The van der Waals surface area contributed by atoms with Crippen LogP contribution in [-0.4, -0.2) is 23.0 Å². The van der Waals surface area contributed by atoms with Crippen LogP contribution < -0.4 is 5.84 Å². The standard InChI is InChI=1S/C10H18N2OS/c1-9(2)5-14-6-10(3,4)8(13)7(9)12-11/h5-6,11H2,1-4H3/b12-7+. The van der Waals surface area contributed by atoms with E-state index in [1.807, 2.05) is 27.7 Å². The number of hydrogen-bond acceptors (Lipinski definition) is 4. The summed E-state index contributed by atoms with van der Waals surface area (Å²) in [7, 11) is 0. The molecule has 1 fully saturated rings. The van der Waals surface area contributed by atoms with Crippen LogP contribution in [0.15, 0.2) is 5.10 Å². The van der Waals surface area contributed by atoms with Crippen molar-refractivity contribution in [3.8, 4) is 0 Å². The van der Waals surface area contributed by atoms with Gasteiger partial charge >= 0.3 is 0 Å². The van der Waals surface area contributed by atoms with Crippen molar-refractivity contribution in [2.24, 2.45) is 21.8 Å². The van der Waals surface area contributed by atoms with Crippen molar-refractivity contribution >= 4 is 23.3 Å². The zero-order valence-corrected chi connectivity index (χ0v) is 10.1. The summed E-state index contributed by atoms with van der Waals surface area (Å²) in [5.41, 5.74) is -0.00604. The fraction of sp³-hybridized carbons (Fsp3) is 0.800. The monoisotopic (exact) mass is 214 g/mol. The van der Waals surface area contributed by atoms with Gasteiger partial charge in [-0.05, 0) is 0 Å². The second-order valence-corrected chi connectivity index (χ2v) is 6.05. The smallest absolute Gasteiger partial charge is 0.185 e. The van der Waals surface area contributed by atoms with Gasteiger partial charge in [0.2, 0.25) is 0 Å².